The van der Waals surface area contributed by atoms with Crippen molar-refractivity contribution >= 4 is 23.1 Å². The van der Waals surface area contributed by atoms with E-state index in [0.29, 0.717) is 6.04 Å². The van der Waals surface area contributed by atoms with E-state index in [1.807, 2.05) is 11.8 Å². The van der Waals surface area contributed by atoms with Gasteiger partial charge in [-0.25, -0.2) is 0 Å². The Balaban J connectivity index is 2.37. The first-order chi connectivity index (χ1) is 7.27. The van der Waals surface area contributed by atoms with Crippen molar-refractivity contribution in [2.24, 2.45) is 0 Å². The van der Waals surface area contributed by atoms with Crippen LogP contribution in [0.4, 0.5) is 0 Å². The van der Waals surface area contributed by atoms with Gasteiger partial charge in [-0.1, -0.05) is 6.07 Å². The van der Waals surface area contributed by atoms with Gasteiger partial charge in [0, 0.05) is 17.0 Å². The zero-order valence-electron chi connectivity index (χ0n) is 9.27. The van der Waals surface area contributed by atoms with Crippen molar-refractivity contribution in [1.82, 2.24) is 5.32 Å². The Bertz CT molecular complexity index is 251. The molecule has 0 bridgehead atoms. The lowest BCUT2D eigenvalue weighted by atomic mass is 10.2. The topological polar surface area (TPSA) is 32.3 Å². The van der Waals surface area contributed by atoms with E-state index in [0.717, 1.165) is 12.2 Å². The molecule has 0 spiro atoms. The molecule has 2 N–H and O–H groups in total. The molecule has 2 unspecified atom stereocenters. The monoisotopic (exact) mass is 245 g/mol. The Morgan fingerprint density at radius 2 is 2.40 bits per heavy atom. The third kappa shape index (κ3) is 4.55. The molecular formula is C11H19NOS2. The minimum Gasteiger partial charge on any atom is -0.395 e. The summed E-state index contributed by atoms with van der Waals surface area (Å²) in [5.74, 6) is 1.09. The molecule has 0 aliphatic heterocycles. The number of hydrogen-bond acceptors (Lipinski definition) is 4. The molecule has 0 saturated carbocycles. The number of nitrogens with one attached hydrogen (secondary N) is 1. The van der Waals surface area contributed by atoms with Crippen LogP contribution in [0, 0.1) is 0 Å². The van der Waals surface area contributed by atoms with Gasteiger partial charge < -0.3 is 10.4 Å². The maximum Gasteiger partial charge on any atom is 0.0585 e. The second kappa shape index (κ2) is 7.28. The van der Waals surface area contributed by atoms with E-state index in [4.69, 9.17) is 0 Å². The summed E-state index contributed by atoms with van der Waals surface area (Å²) in [7, 11) is 0. The number of rotatable bonds is 7. The van der Waals surface area contributed by atoms with E-state index in [1.165, 1.54) is 4.88 Å². The third-order valence-electron chi connectivity index (χ3n) is 2.35. The molecule has 2 nitrogen and oxygen atoms in total. The fourth-order valence-electron chi connectivity index (χ4n) is 1.46. The second-order valence-corrected chi connectivity index (χ2v) is 5.53. The summed E-state index contributed by atoms with van der Waals surface area (Å²) in [6, 6.07) is 4.75. The van der Waals surface area contributed by atoms with Crippen LogP contribution in [-0.4, -0.2) is 29.8 Å². The lowest BCUT2D eigenvalue weighted by Crippen LogP contribution is -2.34. The molecular weight excluding hydrogens is 226 g/mol. The fourth-order valence-corrected chi connectivity index (χ4v) is 2.72. The van der Waals surface area contributed by atoms with Crippen molar-refractivity contribution in [1.29, 1.82) is 0 Å². The van der Waals surface area contributed by atoms with Crippen molar-refractivity contribution in [2.75, 3.05) is 18.6 Å². The van der Waals surface area contributed by atoms with Crippen LogP contribution in [0.2, 0.25) is 0 Å². The van der Waals surface area contributed by atoms with E-state index >= 15 is 0 Å². The number of hydrogen-bond donors (Lipinski definition) is 2. The molecule has 0 aliphatic rings. The van der Waals surface area contributed by atoms with Gasteiger partial charge in [0.15, 0.2) is 0 Å². The van der Waals surface area contributed by atoms with Gasteiger partial charge >= 0.3 is 0 Å². The van der Waals surface area contributed by atoms with Crippen LogP contribution in [0.1, 0.15) is 24.3 Å². The van der Waals surface area contributed by atoms with E-state index in [-0.39, 0.29) is 12.6 Å². The first-order valence-corrected chi connectivity index (χ1v) is 7.44. The highest BCUT2D eigenvalue weighted by atomic mass is 32.2. The molecule has 0 radical (unpaired) electrons. The summed E-state index contributed by atoms with van der Waals surface area (Å²) in [4.78, 5) is 1.33. The molecule has 0 amide bonds. The molecule has 0 aliphatic carbocycles. The normalized spacial score (nSPS) is 15.1. The maximum absolute atomic E-state index is 9.23. The van der Waals surface area contributed by atoms with Gasteiger partial charge in [0.2, 0.25) is 0 Å². The number of thioether (sulfide) groups is 1. The van der Waals surface area contributed by atoms with Crippen molar-refractivity contribution in [3.63, 3.8) is 0 Å². The Labute approximate surface area is 100 Å². The summed E-state index contributed by atoms with van der Waals surface area (Å²) in [5, 5.41) is 14.8. The van der Waals surface area contributed by atoms with Gasteiger partial charge in [0.1, 0.15) is 0 Å². The van der Waals surface area contributed by atoms with Crippen LogP contribution < -0.4 is 5.32 Å². The predicted molar refractivity (Wildman–Crippen MR) is 69.7 cm³/mol. The SMILES string of the molecule is CSCCC(CO)NC(C)c1cccs1. The summed E-state index contributed by atoms with van der Waals surface area (Å²) < 4.78 is 0. The first-order valence-electron chi connectivity index (χ1n) is 5.17. The molecule has 2 atom stereocenters. The molecule has 1 aromatic rings. The van der Waals surface area contributed by atoms with Crippen molar-refractivity contribution in [3.05, 3.63) is 22.4 Å². The highest BCUT2D eigenvalue weighted by Crippen LogP contribution is 2.19. The molecule has 0 saturated heterocycles. The molecule has 15 heavy (non-hydrogen) atoms. The second-order valence-electron chi connectivity index (χ2n) is 3.56. The van der Waals surface area contributed by atoms with E-state index in [1.54, 1.807) is 11.3 Å². The van der Waals surface area contributed by atoms with Gasteiger partial charge in [0.05, 0.1) is 6.61 Å². The zero-order valence-corrected chi connectivity index (χ0v) is 10.9. The van der Waals surface area contributed by atoms with E-state index in [9.17, 15) is 5.11 Å². The summed E-state index contributed by atoms with van der Waals surface area (Å²) in [6.07, 6.45) is 3.12. The predicted octanol–water partition coefficient (Wildman–Crippen LogP) is 2.51. The average molecular weight is 245 g/mol. The molecule has 86 valence electrons. The Morgan fingerprint density at radius 3 is 2.93 bits per heavy atom. The standard InChI is InChI=1S/C11H19NOS2/c1-9(11-4-3-6-15-11)12-10(8-13)5-7-14-2/h3-4,6,9-10,12-13H,5,7-8H2,1-2H3. The van der Waals surface area contributed by atoms with Crippen LogP contribution in [0.5, 0.6) is 0 Å². The number of aliphatic hydroxyl groups is 1. The van der Waals surface area contributed by atoms with Gasteiger partial charge in [-0.2, -0.15) is 11.8 Å². The summed E-state index contributed by atoms with van der Waals surface area (Å²) >= 11 is 3.58. The molecule has 0 aromatic carbocycles. The molecule has 0 fully saturated rings. The number of aliphatic hydroxyl groups excluding tert-OH is 1. The Hall–Kier alpha value is -0.0300. The smallest absolute Gasteiger partial charge is 0.0585 e. The highest BCUT2D eigenvalue weighted by Gasteiger charge is 2.12. The lowest BCUT2D eigenvalue weighted by Gasteiger charge is -2.20. The molecule has 1 heterocycles. The van der Waals surface area contributed by atoms with Gasteiger partial charge in [-0.3, -0.25) is 0 Å². The van der Waals surface area contributed by atoms with Crippen LogP contribution >= 0.6 is 23.1 Å². The quantitative estimate of drug-likeness (QED) is 0.774. The third-order valence-corrected chi connectivity index (χ3v) is 4.05. The zero-order chi connectivity index (χ0) is 11.1. The summed E-state index contributed by atoms with van der Waals surface area (Å²) in [5.41, 5.74) is 0. The van der Waals surface area contributed by atoms with Gasteiger partial charge in [0.25, 0.3) is 0 Å². The Kier molecular flexibility index (Phi) is 6.32. The average Bonchev–Trinajstić information content (AvgIpc) is 2.77. The summed E-state index contributed by atoms with van der Waals surface area (Å²) in [6.45, 7) is 2.36. The largest absolute Gasteiger partial charge is 0.395 e. The van der Waals surface area contributed by atoms with Gasteiger partial charge in [-0.05, 0) is 36.8 Å². The minimum absolute atomic E-state index is 0.217. The molecule has 4 heteroatoms. The Morgan fingerprint density at radius 1 is 1.60 bits per heavy atom. The fraction of sp³-hybridized carbons (Fsp3) is 0.636. The maximum atomic E-state index is 9.23. The first kappa shape index (κ1) is 13.0. The minimum atomic E-state index is 0.217. The van der Waals surface area contributed by atoms with Crippen LogP contribution in [0.15, 0.2) is 17.5 Å². The van der Waals surface area contributed by atoms with E-state index in [2.05, 4.69) is 36.0 Å². The van der Waals surface area contributed by atoms with Crippen molar-refractivity contribution < 1.29 is 5.11 Å². The van der Waals surface area contributed by atoms with Crippen LogP contribution in [0.25, 0.3) is 0 Å². The van der Waals surface area contributed by atoms with Crippen LogP contribution in [0.3, 0.4) is 0 Å². The van der Waals surface area contributed by atoms with Crippen molar-refractivity contribution in [2.45, 2.75) is 25.4 Å². The van der Waals surface area contributed by atoms with Gasteiger partial charge in [-0.15, -0.1) is 11.3 Å². The van der Waals surface area contributed by atoms with E-state index < -0.39 is 0 Å². The lowest BCUT2D eigenvalue weighted by molar-refractivity contribution is 0.231. The van der Waals surface area contributed by atoms with Crippen molar-refractivity contribution in [3.8, 4) is 0 Å². The highest BCUT2D eigenvalue weighted by molar-refractivity contribution is 7.98. The molecule has 1 rings (SSSR count). The van der Waals surface area contributed by atoms with Crippen LogP contribution in [-0.2, 0) is 0 Å². The number of thiophene rings is 1. The molecule has 1 aromatic heterocycles.